The van der Waals surface area contributed by atoms with E-state index in [1.54, 1.807) is 5.57 Å². The normalized spacial score (nSPS) is 42.4. The molecule has 268 valence electrons. The summed E-state index contributed by atoms with van der Waals surface area (Å²) < 4.78 is 19.7. The Morgan fingerprint density at radius 3 is 2.19 bits per heavy atom. The number of unbranched alkanes of at least 4 members (excludes halogenated alkanes) is 12. The predicted octanol–water partition coefficient (Wildman–Crippen LogP) is 11.7. The van der Waals surface area contributed by atoms with Crippen LogP contribution in [-0.4, -0.2) is 30.6 Å². The molecule has 0 amide bonds. The van der Waals surface area contributed by atoms with Crippen molar-refractivity contribution in [3.63, 3.8) is 0 Å². The van der Waals surface area contributed by atoms with Crippen LogP contribution in [0.1, 0.15) is 182 Å². The van der Waals surface area contributed by atoms with Gasteiger partial charge in [0.25, 0.3) is 0 Å². The van der Waals surface area contributed by atoms with Gasteiger partial charge in [0.05, 0.1) is 12.7 Å². The molecule has 0 N–H and O–H groups in total. The van der Waals surface area contributed by atoms with Crippen LogP contribution in [0.4, 0.5) is 0 Å². The Balaban J connectivity index is 0.920. The Bertz CT molecular complexity index is 1060. The van der Waals surface area contributed by atoms with Gasteiger partial charge in [-0.3, -0.25) is 4.79 Å². The summed E-state index contributed by atoms with van der Waals surface area (Å²) in [7, 11) is 0. The molecule has 47 heavy (non-hydrogen) atoms. The van der Waals surface area contributed by atoms with Gasteiger partial charge < -0.3 is 14.2 Å². The van der Waals surface area contributed by atoms with Crippen molar-refractivity contribution in [2.24, 2.45) is 46.3 Å². The Morgan fingerprint density at radius 1 is 0.851 bits per heavy atom. The summed E-state index contributed by atoms with van der Waals surface area (Å²) in [6.45, 7) is 13.1. The molecule has 5 fully saturated rings. The molecule has 6 rings (SSSR count). The monoisotopic (exact) mass is 653 g/mol. The number of fused-ring (bicyclic) bond motifs is 7. The third-order valence-corrected chi connectivity index (χ3v) is 15.1. The SMILES string of the molecule is CCCCCCCCCCCCCCCC(=O)O[C@H]1CC[C@@]2(C)C(=CCC3C4CC5O[C@]6(CC[C@@H](C)CO6)C(C)C5[C@@]4(C)CCC32)C1. The van der Waals surface area contributed by atoms with E-state index in [1.165, 1.54) is 116 Å². The Morgan fingerprint density at radius 2 is 1.53 bits per heavy atom. The van der Waals surface area contributed by atoms with Crippen LogP contribution in [0.5, 0.6) is 0 Å². The van der Waals surface area contributed by atoms with Gasteiger partial charge in [-0.2, -0.15) is 0 Å². The van der Waals surface area contributed by atoms with Gasteiger partial charge in [0.1, 0.15) is 6.10 Å². The highest BCUT2D eigenvalue weighted by atomic mass is 16.7. The molecule has 1 spiro atoms. The van der Waals surface area contributed by atoms with Gasteiger partial charge in [0.2, 0.25) is 0 Å². The van der Waals surface area contributed by atoms with Crippen LogP contribution in [0.3, 0.4) is 0 Å². The first-order chi connectivity index (χ1) is 22.7. The molecule has 0 aromatic heterocycles. The standard InChI is InChI=1S/C43H72O4/c1-6-7-8-9-10-11-12-13-14-15-16-17-18-19-39(44)46-34-23-25-41(4)33(28-34)20-21-35-36(41)24-26-42(5)37(35)29-38-40(42)32(3)43(47-38)27-22-31(2)30-45-43/h20,31-32,34-38,40H,6-19,21-30H2,1-5H3/t31-,32?,34+,35?,36?,37?,38?,40?,41+,42+,43-/m1/s1. The lowest BCUT2D eigenvalue weighted by Crippen LogP contribution is -2.52. The fourth-order valence-electron chi connectivity index (χ4n) is 12.3. The Labute approximate surface area is 289 Å². The number of carbonyl (C=O) groups is 1. The molecule has 4 nitrogen and oxygen atoms in total. The van der Waals surface area contributed by atoms with E-state index in [0.717, 1.165) is 50.0 Å². The molecule has 0 aromatic rings. The minimum absolute atomic E-state index is 0.0465. The fourth-order valence-corrected chi connectivity index (χ4v) is 12.3. The summed E-state index contributed by atoms with van der Waals surface area (Å²) in [4.78, 5) is 12.8. The fraction of sp³-hybridized carbons (Fsp3) is 0.930. The molecule has 0 bridgehead atoms. The summed E-state index contributed by atoms with van der Waals surface area (Å²) in [5, 5.41) is 0. The predicted molar refractivity (Wildman–Crippen MR) is 192 cm³/mol. The third-order valence-electron chi connectivity index (χ3n) is 15.1. The summed E-state index contributed by atoms with van der Waals surface area (Å²) in [6, 6.07) is 0. The van der Waals surface area contributed by atoms with Crippen LogP contribution < -0.4 is 0 Å². The number of hydrogen-bond donors (Lipinski definition) is 0. The number of esters is 1. The van der Waals surface area contributed by atoms with E-state index in [2.05, 4.69) is 40.7 Å². The molecule has 4 heteroatoms. The number of rotatable bonds is 15. The van der Waals surface area contributed by atoms with Gasteiger partial charge >= 0.3 is 5.97 Å². The highest BCUT2D eigenvalue weighted by Crippen LogP contribution is 2.70. The lowest BCUT2D eigenvalue weighted by molar-refractivity contribution is -0.272. The molecular weight excluding hydrogens is 580 g/mol. The van der Waals surface area contributed by atoms with Gasteiger partial charge in [0.15, 0.2) is 5.79 Å². The second-order valence-electron chi connectivity index (χ2n) is 18.1. The van der Waals surface area contributed by atoms with Crippen molar-refractivity contribution in [3.8, 4) is 0 Å². The molecular formula is C43H72O4. The van der Waals surface area contributed by atoms with E-state index in [0.29, 0.717) is 35.7 Å². The minimum Gasteiger partial charge on any atom is -0.462 e. The van der Waals surface area contributed by atoms with Gasteiger partial charge in [-0.05, 0) is 91.8 Å². The Hall–Kier alpha value is -0.870. The molecule has 2 saturated heterocycles. The van der Waals surface area contributed by atoms with E-state index >= 15 is 0 Å². The van der Waals surface area contributed by atoms with Crippen LogP contribution in [0.15, 0.2) is 11.6 Å². The zero-order valence-corrected chi connectivity index (χ0v) is 31.3. The van der Waals surface area contributed by atoms with Crippen molar-refractivity contribution in [1.29, 1.82) is 0 Å². The molecule has 2 aliphatic heterocycles. The van der Waals surface area contributed by atoms with E-state index in [9.17, 15) is 4.79 Å². The first-order valence-corrected chi connectivity index (χ1v) is 20.9. The first kappa shape index (κ1) is 35.9. The largest absolute Gasteiger partial charge is 0.462 e. The zero-order chi connectivity index (χ0) is 33.1. The van der Waals surface area contributed by atoms with Crippen molar-refractivity contribution in [1.82, 2.24) is 0 Å². The average Bonchev–Trinajstić information content (AvgIpc) is 3.50. The van der Waals surface area contributed by atoms with Crippen LogP contribution in [0.25, 0.3) is 0 Å². The highest BCUT2D eigenvalue weighted by molar-refractivity contribution is 5.69. The number of hydrogen-bond acceptors (Lipinski definition) is 4. The van der Waals surface area contributed by atoms with Crippen molar-refractivity contribution in [3.05, 3.63) is 11.6 Å². The van der Waals surface area contributed by atoms with Gasteiger partial charge in [-0.25, -0.2) is 0 Å². The lowest BCUT2D eigenvalue weighted by atomic mass is 9.47. The summed E-state index contributed by atoms with van der Waals surface area (Å²) in [6.07, 6.45) is 31.6. The maximum absolute atomic E-state index is 12.8. The molecule has 4 aliphatic carbocycles. The van der Waals surface area contributed by atoms with E-state index in [1.807, 2.05) is 0 Å². The van der Waals surface area contributed by atoms with Crippen molar-refractivity contribution < 1.29 is 19.0 Å². The molecule has 3 saturated carbocycles. The molecule has 11 atom stereocenters. The highest BCUT2D eigenvalue weighted by Gasteiger charge is 2.68. The van der Waals surface area contributed by atoms with Gasteiger partial charge in [0, 0.05) is 25.2 Å². The Kier molecular flexibility index (Phi) is 11.9. The molecule has 6 aliphatic rings. The van der Waals surface area contributed by atoms with Gasteiger partial charge in [-0.15, -0.1) is 0 Å². The number of allylic oxidation sites excluding steroid dienone is 1. The maximum atomic E-state index is 12.8. The number of ether oxygens (including phenoxy) is 3. The van der Waals surface area contributed by atoms with Crippen LogP contribution in [0, 0.1) is 46.3 Å². The average molecular weight is 653 g/mol. The minimum atomic E-state index is -0.319. The summed E-state index contributed by atoms with van der Waals surface area (Å²) in [5.41, 5.74) is 2.25. The lowest BCUT2D eigenvalue weighted by Gasteiger charge is -2.58. The van der Waals surface area contributed by atoms with Crippen LogP contribution in [0.2, 0.25) is 0 Å². The summed E-state index contributed by atoms with van der Waals surface area (Å²) >= 11 is 0. The third kappa shape index (κ3) is 7.45. The van der Waals surface area contributed by atoms with Crippen LogP contribution in [-0.2, 0) is 19.0 Å². The van der Waals surface area contributed by atoms with Crippen molar-refractivity contribution >= 4 is 5.97 Å². The van der Waals surface area contributed by atoms with E-state index < -0.39 is 0 Å². The summed E-state index contributed by atoms with van der Waals surface area (Å²) in [5.74, 6) is 3.78. The molecule has 0 radical (unpaired) electrons. The van der Waals surface area contributed by atoms with Crippen LogP contribution >= 0.6 is 0 Å². The van der Waals surface area contributed by atoms with Crippen molar-refractivity contribution in [2.45, 2.75) is 200 Å². The van der Waals surface area contributed by atoms with E-state index in [4.69, 9.17) is 14.2 Å². The second kappa shape index (κ2) is 15.6. The van der Waals surface area contributed by atoms with E-state index in [-0.39, 0.29) is 23.3 Å². The van der Waals surface area contributed by atoms with Crippen molar-refractivity contribution in [2.75, 3.05) is 6.61 Å². The maximum Gasteiger partial charge on any atom is 0.306 e. The van der Waals surface area contributed by atoms with Gasteiger partial charge in [-0.1, -0.05) is 123 Å². The molecule has 0 aromatic carbocycles. The number of carbonyl (C=O) groups excluding carboxylic acids is 1. The zero-order valence-electron chi connectivity index (χ0n) is 31.3. The smallest absolute Gasteiger partial charge is 0.306 e. The second-order valence-corrected chi connectivity index (χ2v) is 18.1. The topological polar surface area (TPSA) is 44.8 Å². The quantitative estimate of drug-likeness (QED) is 0.100. The molecule has 6 unspecified atom stereocenters. The molecule has 2 heterocycles. The first-order valence-electron chi connectivity index (χ1n) is 20.9.